The zero-order chi connectivity index (χ0) is 15.3. The Labute approximate surface area is 132 Å². The molecule has 4 heterocycles. The van der Waals surface area contributed by atoms with E-state index in [9.17, 15) is 4.79 Å². The molecule has 6 nitrogen and oxygen atoms in total. The molecule has 1 atom stereocenters. The largest absolute Gasteiger partial charge is 0.376 e. The molecule has 4 rings (SSSR count). The second-order valence-electron chi connectivity index (χ2n) is 6.62. The molecule has 1 unspecified atom stereocenters. The fourth-order valence-corrected chi connectivity index (χ4v) is 4.29. The highest BCUT2D eigenvalue weighted by Gasteiger charge is 2.41. The summed E-state index contributed by atoms with van der Waals surface area (Å²) in [5, 5.41) is 12.3. The van der Waals surface area contributed by atoms with Crippen LogP contribution in [0, 0.1) is 19.3 Å². The van der Waals surface area contributed by atoms with Gasteiger partial charge in [0.05, 0.1) is 24.6 Å². The van der Waals surface area contributed by atoms with Gasteiger partial charge in [0.1, 0.15) is 0 Å². The van der Waals surface area contributed by atoms with E-state index >= 15 is 0 Å². The number of aromatic nitrogens is 3. The summed E-state index contributed by atoms with van der Waals surface area (Å²) < 4.78 is 7.45. The number of ether oxygens (including phenoxy) is 1. The maximum atomic E-state index is 12.6. The van der Waals surface area contributed by atoms with Gasteiger partial charge in [0.15, 0.2) is 4.83 Å². The maximum absolute atomic E-state index is 12.6. The molecular weight excluding hydrogens is 300 g/mol. The number of fused-ring (bicyclic) bond motifs is 1. The summed E-state index contributed by atoms with van der Waals surface area (Å²) in [7, 11) is 0. The third-order valence-corrected chi connectivity index (χ3v) is 6.15. The van der Waals surface area contributed by atoms with E-state index < -0.39 is 0 Å². The van der Waals surface area contributed by atoms with Crippen molar-refractivity contribution < 1.29 is 4.74 Å². The van der Waals surface area contributed by atoms with Crippen LogP contribution in [0.2, 0.25) is 0 Å². The van der Waals surface area contributed by atoms with Crippen molar-refractivity contribution in [3.05, 3.63) is 20.8 Å². The fraction of sp³-hybridized carbons (Fsp3) is 0.667. The van der Waals surface area contributed by atoms with Crippen molar-refractivity contribution in [1.29, 1.82) is 0 Å². The first kappa shape index (κ1) is 14.3. The predicted molar refractivity (Wildman–Crippen MR) is 85.4 cm³/mol. The average Bonchev–Trinajstić information content (AvgIpc) is 2.77. The highest BCUT2D eigenvalue weighted by Crippen LogP contribution is 2.34. The molecule has 2 aromatic heterocycles. The van der Waals surface area contributed by atoms with Crippen molar-refractivity contribution in [2.45, 2.75) is 39.3 Å². The summed E-state index contributed by atoms with van der Waals surface area (Å²) in [6, 6.07) is 0. The van der Waals surface area contributed by atoms with Crippen LogP contribution >= 0.6 is 11.3 Å². The highest BCUT2D eigenvalue weighted by atomic mass is 32.1. The summed E-state index contributed by atoms with van der Waals surface area (Å²) in [5.74, 6) is 0. The molecule has 22 heavy (non-hydrogen) atoms. The van der Waals surface area contributed by atoms with Crippen LogP contribution in [0.4, 0.5) is 0 Å². The van der Waals surface area contributed by atoms with Crippen LogP contribution < -0.4 is 10.9 Å². The van der Waals surface area contributed by atoms with Gasteiger partial charge < -0.3 is 10.1 Å². The topological polar surface area (TPSA) is 69.0 Å². The average molecular weight is 320 g/mol. The second kappa shape index (κ2) is 5.11. The number of hydrogen-bond acceptors (Lipinski definition) is 6. The van der Waals surface area contributed by atoms with E-state index in [1.807, 2.05) is 13.8 Å². The summed E-state index contributed by atoms with van der Waals surface area (Å²) in [4.78, 5) is 14.5. The standard InChI is InChI=1S/C15H20N4O2S/c1-9-10(2)22-13-12(9)14(20)19(18-17-13)5-11-3-4-15(8-21-11)6-16-7-15/h11,16H,3-8H2,1-2H3. The summed E-state index contributed by atoms with van der Waals surface area (Å²) in [5.41, 5.74) is 1.33. The SMILES string of the molecule is Cc1sc2nnn(CC3CCC4(CNC4)CO3)c(=O)c2c1C. The van der Waals surface area contributed by atoms with Crippen LogP contribution in [0.5, 0.6) is 0 Å². The van der Waals surface area contributed by atoms with E-state index in [0.29, 0.717) is 17.3 Å². The van der Waals surface area contributed by atoms with E-state index in [2.05, 4.69) is 15.6 Å². The van der Waals surface area contributed by atoms with Crippen LogP contribution in [-0.2, 0) is 11.3 Å². The van der Waals surface area contributed by atoms with Gasteiger partial charge in [-0.05, 0) is 32.3 Å². The van der Waals surface area contributed by atoms with Crippen molar-refractivity contribution in [3.8, 4) is 0 Å². The van der Waals surface area contributed by atoms with Crippen molar-refractivity contribution in [2.75, 3.05) is 19.7 Å². The monoisotopic (exact) mass is 320 g/mol. The molecule has 2 aromatic rings. The van der Waals surface area contributed by atoms with Gasteiger partial charge in [-0.1, -0.05) is 5.21 Å². The second-order valence-corrected chi connectivity index (χ2v) is 7.82. The number of nitrogens with zero attached hydrogens (tertiary/aromatic N) is 3. The molecule has 0 aromatic carbocycles. The summed E-state index contributed by atoms with van der Waals surface area (Å²) in [6.45, 7) is 7.39. The van der Waals surface area contributed by atoms with E-state index in [-0.39, 0.29) is 11.7 Å². The highest BCUT2D eigenvalue weighted by molar-refractivity contribution is 7.18. The van der Waals surface area contributed by atoms with Gasteiger partial charge in [-0.25, -0.2) is 4.68 Å². The molecule has 0 amide bonds. The number of aryl methyl sites for hydroxylation is 2. The molecule has 0 bridgehead atoms. The van der Waals surface area contributed by atoms with E-state index in [1.54, 1.807) is 0 Å². The maximum Gasteiger partial charge on any atom is 0.278 e. The van der Waals surface area contributed by atoms with Crippen molar-refractivity contribution in [1.82, 2.24) is 20.3 Å². The van der Waals surface area contributed by atoms with Crippen LogP contribution in [0.25, 0.3) is 10.2 Å². The minimum Gasteiger partial charge on any atom is -0.376 e. The van der Waals surface area contributed by atoms with Gasteiger partial charge >= 0.3 is 0 Å². The van der Waals surface area contributed by atoms with Crippen molar-refractivity contribution >= 4 is 21.6 Å². The first-order valence-corrected chi connectivity index (χ1v) is 8.55. The lowest BCUT2D eigenvalue weighted by Crippen LogP contribution is -2.58. The number of nitrogens with one attached hydrogen (secondary N) is 1. The Morgan fingerprint density at radius 2 is 2.27 bits per heavy atom. The Balaban J connectivity index is 1.56. The summed E-state index contributed by atoms with van der Waals surface area (Å²) in [6.07, 6.45) is 2.21. The van der Waals surface area contributed by atoms with Gasteiger partial charge in [-0.3, -0.25) is 4.79 Å². The predicted octanol–water partition coefficient (Wildman–Crippen LogP) is 1.24. The lowest BCUT2D eigenvalue weighted by Gasteiger charge is -2.47. The zero-order valence-electron chi connectivity index (χ0n) is 12.9. The van der Waals surface area contributed by atoms with Gasteiger partial charge in [-0.15, -0.1) is 16.4 Å². The Morgan fingerprint density at radius 3 is 2.91 bits per heavy atom. The molecule has 2 fully saturated rings. The van der Waals surface area contributed by atoms with Crippen LogP contribution in [0.15, 0.2) is 4.79 Å². The molecule has 0 radical (unpaired) electrons. The van der Waals surface area contributed by atoms with Gasteiger partial charge in [0.25, 0.3) is 5.56 Å². The molecule has 0 aliphatic carbocycles. The zero-order valence-corrected chi connectivity index (χ0v) is 13.7. The summed E-state index contributed by atoms with van der Waals surface area (Å²) >= 11 is 1.53. The van der Waals surface area contributed by atoms with Gasteiger partial charge in [0.2, 0.25) is 0 Å². The Kier molecular flexibility index (Phi) is 3.32. The lowest BCUT2D eigenvalue weighted by molar-refractivity contribution is -0.0900. The first-order valence-electron chi connectivity index (χ1n) is 7.74. The minimum absolute atomic E-state index is 0.0407. The van der Waals surface area contributed by atoms with E-state index in [4.69, 9.17) is 4.74 Å². The lowest BCUT2D eigenvalue weighted by atomic mass is 9.76. The molecule has 1 N–H and O–H groups in total. The van der Waals surface area contributed by atoms with E-state index in [0.717, 1.165) is 47.8 Å². The molecule has 2 saturated heterocycles. The molecular formula is C15H20N4O2S. The molecule has 7 heteroatoms. The molecule has 1 spiro atoms. The van der Waals surface area contributed by atoms with E-state index in [1.165, 1.54) is 16.0 Å². The van der Waals surface area contributed by atoms with Crippen molar-refractivity contribution in [3.63, 3.8) is 0 Å². The van der Waals surface area contributed by atoms with Gasteiger partial charge in [0, 0.05) is 23.4 Å². The number of rotatable bonds is 2. The smallest absolute Gasteiger partial charge is 0.278 e. The van der Waals surface area contributed by atoms with Crippen LogP contribution in [-0.4, -0.2) is 40.8 Å². The van der Waals surface area contributed by atoms with Crippen LogP contribution in [0.1, 0.15) is 23.3 Å². The fourth-order valence-electron chi connectivity index (χ4n) is 3.33. The first-order chi connectivity index (χ1) is 10.6. The molecule has 2 aliphatic rings. The minimum atomic E-state index is -0.0407. The Bertz CT molecular complexity index is 768. The van der Waals surface area contributed by atoms with Gasteiger partial charge in [-0.2, -0.15) is 0 Å². The Hall–Kier alpha value is -1.31. The molecule has 0 saturated carbocycles. The van der Waals surface area contributed by atoms with Crippen LogP contribution in [0.3, 0.4) is 0 Å². The van der Waals surface area contributed by atoms with Crippen molar-refractivity contribution in [2.24, 2.45) is 5.41 Å². The molecule has 2 aliphatic heterocycles. The third kappa shape index (κ3) is 2.19. The number of hydrogen-bond donors (Lipinski definition) is 1. The Morgan fingerprint density at radius 1 is 1.45 bits per heavy atom. The quantitative estimate of drug-likeness (QED) is 0.901. The third-order valence-electron chi connectivity index (χ3n) is 5.06. The molecule has 118 valence electrons. The normalized spacial score (nSPS) is 23.8. The number of thiophene rings is 1.